The third-order valence-corrected chi connectivity index (χ3v) is 4.70. The third-order valence-electron chi connectivity index (χ3n) is 3.51. The number of aromatic nitrogens is 2. The molecule has 2 unspecified atom stereocenters. The van der Waals surface area contributed by atoms with Gasteiger partial charge in [-0.15, -0.1) is 0 Å². The van der Waals surface area contributed by atoms with Crippen LogP contribution in [0.15, 0.2) is 12.4 Å². The highest BCUT2D eigenvalue weighted by Crippen LogP contribution is 2.28. The molecule has 0 spiro atoms. The van der Waals surface area contributed by atoms with E-state index in [1.165, 1.54) is 23.5 Å². The van der Waals surface area contributed by atoms with Gasteiger partial charge in [0, 0.05) is 37.9 Å². The van der Waals surface area contributed by atoms with Gasteiger partial charge in [-0.1, -0.05) is 0 Å². The molecule has 1 aliphatic heterocycles. The highest BCUT2D eigenvalue weighted by molar-refractivity contribution is 7.99. The van der Waals surface area contributed by atoms with Gasteiger partial charge in [-0.25, -0.2) is 0 Å². The van der Waals surface area contributed by atoms with E-state index in [4.69, 9.17) is 5.73 Å². The molecule has 2 N–H and O–H groups in total. The zero-order valence-electron chi connectivity index (χ0n) is 10.7. The van der Waals surface area contributed by atoms with Crippen molar-refractivity contribution in [2.45, 2.75) is 19.0 Å². The summed E-state index contributed by atoms with van der Waals surface area (Å²) in [5.41, 5.74) is 7.20. The predicted molar refractivity (Wildman–Crippen MR) is 72.9 cm³/mol. The number of thioether (sulfide) groups is 1. The largest absolute Gasteiger partial charge is 0.329 e. The van der Waals surface area contributed by atoms with Crippen LogP contribution in [0.2, 0.25) is 0 Å². The minimum atomic E-state index is 0.505. The lowest BCUT2D eigenvalue weighted by molar-refractivity contribution is 0.184. The van der Waals surface area contributed by atoms with Crippen molar-refractivity contribution in [2.24, 2.45) is 18.7 Å². The molecule has 1 saturated heterocycles. The molecule has 1 aliphatic rings. The lowest BCUT2D eigenvalue weighted by Gasteiger charge is -2.31. The zero-order valence-corrected chi connectivity index (χ0v) is 11.5. The van der Waals surface area contributed by atoms with Crippen molar-refractivity contribution < 1.29 is 0 Å². The maximum atomic E-state index is 5.94. The smallest absolute Gasteiger partial charge is 0.0534 e. The number of nitrogens with zero attached hydrogens (tertiary/aromatic N) is 3. The number of hydrogen-bond donors (Lipinski definition) is 1. The molecule has 96 valence electrons. The van der Waals surface area contributed by atoms with E-state index in [0.29, 0.717) is 6.04 Å². The van der Waals surface area contributed by atoms with Crippen molar-refractivity contribution in [2.75, 3.05) is 25.1 Å². The van der Waals surface area contributed by atoms with Crippen LogP contribution >= 0.6 is 11.8 Å². The van der Waals surface area contributed by atoms with Crippen LogP contribution in [0.1, 0.15) is 12.0 Å². The average molecular weight is 254 g/mol. The Morgan fingerprint density at radius 1 is 1.71 bits per heavy atom. The minimum Gasteiger partial charge on any atom is -0.329 e. The van der Waals surface area contributed by atoms with Crippen molar-refractivity contribution in [3.8, 4) is 0 Å². The monoisotopic (exact) mass is 254 g/mol. The molecular formula is C12H22N4S. The fraction of sp³-hybridized carbons (Fsp3) is 0.750. The first kappa shape index (κ1) is 12.9. The number of likely N-dealkylation sites (N-methyl/N-ethyl adjacent to an activating group) is 1. The van der Waals surface area contributed by atoms with E-state index in [1.54, 1.807) is 0 Å². The average Bonchev–Trinajstić information content (AvgIpc) is 2.92. The van der Waals surface area contributed by atoms with Gasteiger partial charge in [0.15, 0.2) is 0 Å². The molecule has 1 fully saturated rings. The molecule has 0 aromatic carbocycles. The van der Waals surface area contributed by atoms with Crippen LogP contribution in [0.5, 0.6) is 0 Å². The molecule has 2 rings (SSSR count). The van der Waals surface area contributed by atoms with Gasteiger partial charge in [0.05, 0.1) is 6.20 Å². The van der Waals surface area contributed by atoms with Gasteiger partial charge in [0.1, 0.15) is 0 Å². The van der Waals surface area contributed by atoms with Crippen LogP contribution < -0.4 is 5.73 Å². The Hall–Kier alpha value is -0.520. The normalized spacial score (nSPS) is 22.2. The summed E-state index contributed by atoms with van der Waals surface area (Å²) in [6.45, 7) is 1.69. The van der Waals surface area contributed by atoms with E-state index in [9.17, 15) is 0 Å². The van der Waals surface area contributed by atoms with Gasteiger partial charge < -0.3 is 5.73 Å². The highest BCUT2D eigenvalue weighted by atomic mass is 32.2. The summed E-state index contributed by atoms with van der Waals surface area (Å²) in [6, 6.07) is 0.505. The molecule has 5 heteroatoms. The molecule has 2 atom stereocenters. The molecule has 4 nitrogen and oxygen atoms in total. The van der Waals surface area contributed by atoms with E-state index >= 15 is 0 Å². The topological polar surface area (TPSA) is 47.1 Å². The quantitative estimate of drug-likeness (QED) is 0.849. The van der Waals surface area contributed by atoms with Gasteiger partial charge in [-0.2, -0.15) is 16.9 Å². The molecule has 1 aromatic rings. The maximum absolute atomic E-state index is 5.94. The predicted octanol–water partition coefficient (Wildman–Crippen LogP) is 0.932. The van der Waals surface area contributed by atoms with Crippen molar-refractivity contribution >= 4 is 11.8 Å². The summed E-state index contributed by atoms with van der Waals surface area (Å²) < 4.78 is 1.85. The van der Waals surface area contributed by atoms with Gasteiger partial charge >= 0.3 is 0 Å². The first-order chi connectivity index (χ1) is 8.20. The SMILES string of the molecule is CN(Cc1cnn(C)c1)C(CN)C1CCSC1. The van der Waals surface area contributed by atoms with E-state index in [0.717, 1.165) is 19.0 Å². The molecule has 0 radical (unpaired) electrons. The van der Waals surface area contributed by atoms with Crippen molar-refractivity contribution in [1.29, 1.82) is 0 Å². The third kappa shape index (κ3) is 3.24. The second-order valence-electron chi connectivity index (χ2n) is 4.86. The van der Waals surface area contributed by atoms with Gasteiger partial charge in [0.2, 0.25) is 0 Å². The van der Waals surface area contributed by atoms with Gasteiger partial charge in [-0.3, -0.25) is 9.58 Å². The molecular weight excluding hydrogens is 232 g/mol. The Morgan fingerprint density at radius 3 is 3.06 bits per heavy atom. The Morgan fingerprint density at radius 2 is 2.53 bits per heavy atom. The minimum absolute atomic E-state index is 0.505. The van der Waals surface area contributed by atoms with Gasteiger partial charge in [0.25, 0.3) is 0 Å². The molecule has 0 aliphatic carbocycles. The van der Waals surface area contributed by atoms with E-state index < -0.39 is 0 Å². The molecule has 2 heterocycles. The van der Waals surface area contributed by atoms with Crippen molar-refractivity contribution in [3.63, 3.8) is 0 Å². The summed E-state index contributed by atoms with van der Waals surface area (Å²) in [6.07, 6.45) is 5.32. The van der Waals surface area contributed by atoms with Crippen molar-refractivity contribution in [1.82, 2.24) is 14.7 Å². The Labute approximate surface area is 108 Å². The Bertz CT molecular complexity index is 346. The molecule has 0 saturated carbocycles. The van der Waals surface area contributed by atoms with Crippen LogP contribution in [0, 0.1) is 5.92 Å². The first-order valence-corrected chi connectivity index (χ1v) is 7.31. The summed E-state index contributed by atoms with van der Waals surface area (Å²) >= 11 is 2.06. The van der Waals surface area contributed by atoms with E-state index in [2.05, 4.69) is 35.0 Å². The second-order valence-corrected chi connectivity index (χ2v) is 6.01. The van der Waals surface area contributed by atoms with Gasteiger partial charge in [-0.05, 0) is 30.9 Å². The lowest BCUT2D eigenvalue weighted by Crippen LogP contribution is -2.43. The maximum Gasteiger partial charge on any atom is 0.0534 e. The molecule has 0 amide bonds. The van der Waals surface area contributed by atoms with E-state index in [-0.39, 0.29) is 0 Å². The zero-order chi connectivity index (χ0) is 12.3. The summed E-state index contributed by atoms with van der Waals surface area (Å²) in [5.74, 6) is 3.31. The highest BCUT2D eigenvalue weighted by Gasteiger charge is 2.27. The lowest BCUT2D eigenvalue weighted by atomic mass is 9.98. The Kier molecular flexibility index (Phi) is 4.48. The van der Waals surface area contributed by atoms with E-state index in [1.807, 2.05) is 17.9 Å². The molecule has 1 aromatic heterocycles. The van der Waals surface area contributed by atoms with Crippen LogP contribution in [-0.4, -0.2) is 45.8 Å². The fourth-order valence-corrected chi connectivity index (χ4v) is 3.87. The molecule has 0 bridgehead atoms. The Balaban J connectivity index is 1.94. The second kappa shape index (κ2) is 5.89. The summed E-state index contributed by atoms with van der Waals surface area (Å²) in [4.78, 5) is 2.38. The van der Waals surface area contributed by atoms with Crippen LogP contribution in [0.4, 0.5) is 0 Å². The summed E-state index contributed by atoms with van der Waals surface area (Å²) in [5, 5.41) is 4.21. The van der Waals surface area contributed by atoms with Crippen LogP contribution in [0.25, 0.3) is 0 Å². The standard InChI is InChI=1S/C12H22N4S/c1-15(7-10-6-14-16(2)8-10)12(5-13)11-3-4-17-9-11/h6,8,11-12H,3-5,7,9,13H2,1-2H3. The van der Waals surface area contributed by atoms with Crippen LogP contribution in [-0.2, 0) is 13.6 Å². The number of nitrogens with two attached hydrogens (primary N) is 1. The number of aryl methyl sites for hydroxylation is 1. The van der Waals surface area contributed by atoms with Crippen LogP contribution in [0.3, 0.4) is 0 Å². The molecule has 17 heavy (non-hydrogen) atoms. The summed E-state index contributed by atoms with van der Waals surface area (Å²) in [7, 11) is 4.13. The number of hydrogen-bond acceptors (Lipinski definition) is 4. The van der Waals surface area contributed by atoms with Crippen molar-refractivity contribution in [3.05, 3.63) is 18.0 Å². The first-order valence-electron chi connectivity index (χ1n) is 6.16. The number of rotatable bonds is 5. The fourth-order valence-electron chi connectivity index (χ4n) is 2.55.